The first-order valence-corrected chi connectivity index (χ1v) is 12.9. The number of carbonyl (C=O) groups is 2. The van der Waals surface area contributed by atoms with Gasteiger partial charge in [0.2, 0.25) is 0 Å². The number of esters is 2. The number of allylic oxidation sites excluding steroid dienone is 1. The van der Waals surface area contributed by atoms with E-state index in [9.17, 15) is 18.8 Å². The lowest BCUT2D eigenvalue weighted by Gasteiger charge is -2.24. The monoisotopic (exact) mass is 546 g/mol. The average molecular weight is 547 g/mol. The van der Waals surface area contributed by atoms with Crippen LogP contribution in [0.25, 0.3) is 17.4 Å². The third-order valence-corrected chi connectivity index (χ3v) is 7.15. The predicted molar refractivity (Wildman–Crippen MR) is 142 cm³/mol. The smallest absolute Gasteiger partial charge is 0.338 e. The average Bonchev–Trinajstić information content (AvgIpc) is 3.52. The summed E-state index contributed by atoms with van der Waals surface area (Å²) in [5.74, 6) is -0.566. The molecule has 1 atom stereocenters. The van der Waals surface area contributed by atoms with Crippen molar-refractivity contribution in [1.82, 2.24) is 4.57 Å². The molecule has 4 aromatic rings. The van der Waals surface area contributed by atoms with Crippen molar-refractivity contribution in [2.45, 2.75) is 19.9 Å². The van der Waals surface area contributed by atoms with Crippen molar-refractivity contribution in [2.24, 2.45) is 4.99 Å². The van der Waals surface area contributed by atoms with E-state index in [1.54, 1.807) is 56.3 Å². The van der Waals surface area contributed by atoms with Gasteiger partial charge in [-0.05, 0) is 55.8 Å². The molecule has 0 spiro atoms. The Balaban J connectivity index is 1.60. The highest BCUT2D eigenvalue weighted by molar-refractivity contribution is 7.07. The van der Waals surface area contributed by atoms with Gasteiger partial charge in [0, 0.05) is 11.6 Å². The van der Waals surface area contributed by atoms with Crippen molar-refractivity contribution in [1.29, 1.82) is 0 Å². The molecular weight excluding hydrogens is 523 g/mol. The zero-order valence-corrected chi connectivity index (χ0v) is 22.1. The molecule has 1 aliphatic rings. The first-order chi connectivity index (χ1) is 18.8. The van der Waals surface area contributed by atoms with Gasteiger partial charge in [-0.3, -0.25) is 9.36 Å². The number of rotatable bonds is 6. The standard InChI is InChI=1S/C29H23FN2O6S/c1-4-37-28(35)24-16(2)31-29-32(25(24)17-8-10-20(30)11-9-17)26(33)23(39-29)15-21-12-13-22(38-21)18-6-5-7-19(14-18)27(34)36-3/h5-15,25H,4H2,1-3H3/b23-15-. The molecule has 0 radical (unpaired) electrons. The van der Waals surface area contributed by atoms with E-state index in [0.29, 0.717) is 43.2 Å². The van der Waals surface area contributed by atoms with Crippen molar-refractivity contribution in [3.63, 3.8) is 0 Å². The largest absolute Gasteiger partial charge is 0.465 e. The molecule has 0 amide bonds. The maximum absolute atomic E-state index is 13.7. The van der Waals surface area contributed by atoms with Crippen LogP contribution in [-0.4, -0.2) is 30.2 Å². The van der Waals surface area contributed by atoms with E-state index in [-0.39, 0.29) is 17.7 Å². The van der Waals surface area contributed by atoms with Crippen LogP contribution >= 0.6 is 11.3 Å². The van der Waals surface area contributed by atoms with E-state index in [2.05, 4.69) is 4.99 Å². The molecule has 10 heteroatoms. The molecule has 8 nitrogen and oxygen atoms in total. The Morgan fingerprint density at radius 2 is 1.90 bits per heavy atom. The zero-order chi connectivity index (χ0) is 27.7. The summed E-state index contributed by atoms with van der Waals surface area (Å²) in [5, 5.41) is 0. The normalized spacial score (nSPS) is 15.1. The number of thiazole rings is 1. The highest BCUT2D eigenvalue weighted by Gasteiger charge is 2.33. The van der Waals surface area contributed by atoms with Gasteiger partial charge in [-0.15, -0.1) is 0 Å². The molecule has 0 saturated heterocycles. The van der Waals surface area contributed by atoms with Gasteiger partial charge in [0.05, 0.1) is 41.1 Å². The van der Waals surface area contributed by atoms with E-state index in [0.717, 1.165) is 11.3 Å². The molecule has 2 aromatic heterocycles. The highest BCUT2D eigenvalue weighted by Crippen LogP contribution is 2.31. The van der Waals surface area contributed by atoms with Crippen LogP contribution in [0.4, 0.5) is 4.39 Å². The topological polar surface area (TPSA) is 100 Å². The fraction of sp³-hybridized carbons (Fsp3) is 0.172. The van der Waals surface area contributed by atoms with Gasteiger partial charge in [0.25, 0.3) is 5.56 Å². The summed E-state index contributed by atoms with van der Waals surface area (Å²) in [6.07, 6.45) is 1.60. The van der Waals surface area contributed by atoms with Crippen molar-refractivity contribution in [3.8, 4) is 11.3 Å². The SMILES string of the molecule is CCOC(=O)C1=C(C)N=c2s/c(=C\c3ccc(-c4cccc(C(=O)OC)c4)o3)c(=O)n2C1c1ccc(F)cc1. The molecule has 0 N–H and O–H groups in total. The Labute approximate surface area is 226 Å². The second-order valence-electron chi connectivity index (χ2n) is 8.63. The lowest BCUT2D eigenvalue weighted by Crippen LogP contribution is -2.39. The molecule has 198 valence electrons. The molecule has 39 heavy (non-hydrogen) atoms. The van der Waals surface area contributed by atoms with Gasteiger partial charge in [-0.1, -0.05) is 35.6 Å². The Bertz CT molecular complexity index is 1800. The molecule has 0 saturated carbocycles. The van der Waals surface area contributed by atoms with E-state index >= 15 is 0 Å². The number of furan rings is 1. The van der Waals surface area contributed by atoms with Gasteiger partial charge >= 0.3 is 11.9 Å². The predicted octanol–water partition coefficient (Wildman–Crippen LogP) is 3.98. The molecule has 1 unspecified atom stereocenters. The minimum atomic E-state index is -0.837. The van der Waals surface area contributed by atoms with Crippen LogP contribution < -0.4 is 14.9 Å². The Kier molecular flexibility index (Phi) is 7.12. The number of hydrogen-bond acceptors (Lipinski definition) is 8. The number of ether oxygens (including phenoxy) is 2. The summed E-state index contributed by atoms with van der Waals surface area (Å²) in [5.41, 5.74) is 1.86. The molecule has 1 aliphatic heterocycles. The number of carbonyl (C=O) groups excluding carboxylic acids is 2. The number of fused-ring (bicyclic) bond motifs is 1. The van der Waals surface area contributed by atoms with Crippen molar-refractivity contribution in [2.75, 3.05) is 13.7 Å². The van der Waals surface area contributed by atoms with Gasteiger partial charge in [-0.2, -0.15) is 0 Å². The van der Waals surface area contributed by atoms with Crippen LogP contribution in [0.3, 0.4) is 0 Å². The molecule has 5 rings (SSSR count). The number of methoxy groups -OCH3 is 1. The van der Waals surface area contributed by atoms with E-state index < -0.39 is 23.8 Å². The van der Waals surface area contributed by atoms with E-state index in [4.69, 9.17) is 13.9 Å². The second-order valence-corrected chi connectivity index (χ2v) is 9.64. The molecule has 0 aliphatic carbocycles. The summed E-state index contributed by atoms with van der Waals surface area (Å²) < 4.78 is 31.5. The van der Waals surface area contributed by atoms with E-state index in [1.807, 2.05) is 0 Å². The van der Waals surface area contributed by atoms with Gasteiger partial charge < -0.3 is 13.9 Å². The van der Waals surface area contributed by atoms with Crippen LogP contribution in [0, 0.1) is 5.82 Å². The van der Waals surface area contributed by atoms with Crippen LogP contribution in [0.15, 0.2) is 86.1 Å². The third-order valence-electron chi connectivity index (χ3n) is 6.17. The van der Waals surface area contributed by atoms with Gasteiger partial charge in [0.1, 0.15) is 17.3 Å². The van der Waals surface area contributed by atoms with Crippen LogP contribution in [0.5, 0.6) is 0 Å². The molecular formula is C29H23FN2O6S. The summed E-state index contributed by atoms with van der Waals surface area (Å²) in [4.78, 5) is 43.4. The van der Waals surface area contributed by atoms with E-state index in [1.165, 1.54) is 35.9 Å². The maximum Gasteiger partial charge on any atom is 0.338 e. The number of aromatic nitrogens is 1. The lowest BCUT2D eigenvalue weighted by atomic mass is 9.96. The first-order valence-electron chi connectivity index (χ1n) is 12.0. The minimum absolute atomic E-state index is 0.152. The third kappa shape index (κ3) is 4.98. The maximum atomic E-state index is 13.7. The van der Waals surface area contributed by atoms with Crippen molar-refractivity contribution in [3.05, 3.63) is 114 Å². The number of benzene rings is 2. The summed E-state index contributed by atoms with van der Waals surface area (Å²) in [6, 6.07) is 15.1. The number of halogens is 1. The summed E-state index contributed by atoms with van der Waals surface area (Å²) in [6.45, 7) is 3.53. The van der Waals surface area contributed by atoms with Crippen LogP contribution in [0.1, 0.15) is 41.6 Å². The number of hydrogen-bond donors (Lipinski definition) is 0. The Morgan fingerprint density at radius 1 is 1.13 bits per heavy atom. The van der Waals surface area contributed by atoms with Crippen molar-refractivity contribution >= 4 is 29.4 Å². The lowest BCUT2D eigenvalue weighted by molar-refractivity contribution is -0.139. The molecule has 3 heterocycles. The van der Waals surface area contributed by atoms with Gasteiger partial charge in [0.15, 0.2) is 4.80 Å². The first kappa shape index (κ1) is 26.1. The summed E-state index contributed by atoms with van der Waals surface area (Å²) >= 11 is 1.15. The van der Waals surface area contributed by atoms with Gasteiger partial charge in [-0.25, -0.2) is 19.0 Å². The number of nitrogens with zero attached hydrogens (tertiary/aromatic N) is 2. The quantitative estimate of drug-likeness (QED) is 0.339. The molecule has 0 bridgehead atoms. The molecule has 2 aromatic carbocycles. The zero-order valence-electron chi connectivity index (χ0n) is 21.3. The molecule has 0 fully saturated rings. The Morgan fingerprint density at radius 3 is 2.62 bits per heavy atom. The fourth-order valence-electron chi connectivity index (χ4n) is 4.38. The van der Waals surface area contributed by atoms with Crippen molar-refractivity contribution < 1.29 is 27.9 Å². The van der Waals surface area contributed by atoms with Crippen LogP contribution in [-0.2, 0) is 14.3 Å². The second kappa shape index (κ2) is 10.7. The fourth-order valence-corrected chi connectivity index (χ4v) is 5.41. The summed E-state index contributed by atoms with van der Waals surface area (Å²) in [7, 11) is 1.31. The highest BCUT2D eigenvalue weighted by atomic mass is 32.1. The Hall–Kier alpha value is -4.57. The minimum Gasteiger partial charge on any atom is -0.465 e. The van der Waals surface area contributed by atoms with Crippen LogP contribution in [0.2, 0.25) is 0 Å².